The third-order valence-electron chi connectivity index (χ3n) is 2.83. The van der Waals surface area contributed by atoms with Crippen LogP contribution in [0.25, 0.3) is 11.3 Å². The first-order valence-corrected chi connectivity index (χ1v) is 6.89. The maximum atomic E-state index is 11.9. The number of aryl methyl sites for hydroxylation is 1. The fourth-order valence-corrected chi connectivity index (χ4v) is 2.30. The molecule has 0 amide bonds. The number of carbonyl (C=O) groups is 1. The zero-order chi connectivity index (χ0) is 15.5. The molecule has 0 atom stereocenters. The predicted molar refractivity (Wildman–Crippen MR) is 76.1 cm³/mol. The molecule has 0 aliphatic rings. The summed E-state index contributed by atoms with van der Waals surface area (Å²) in [4.78, 5) is 12.3. The summed E-state index contributed by atoms with van der Waals surface area (Å²) in [7, 11) is 0. The van der Waals surface area contributed by atoms with E-state index in [2.05, 4.69) is 25.0 Å². The molecule has 1 aromatic carbocycles. The number of nitriles is 1. The van der Waals surface area contributed by atoms with Gasteiger partial charge in [0, 0.05) is 5.56 Å². The topological polar surface area (TPSA) is 117 Å². The number of aromatic nitrogens is 5. The van der Waals surface area contributed by atoms with Crippen molar-refractivity contribution in [1.82, 2.24) is 25.0 Å². The number of rotatable bonds is 3. The second-order valence-electron chi connectivity index (χ2n) is 4.23. The van der Waals surface area contributed by atoms with Crippen molar-refractivity contribution < 1.29 is 9.53 Å². The van der Waals surface area contributed by atoms with E-state index in [-0.39, 0.29) is 5.69 Å². The summed E-state index contributed by atoms with van der Waals surface area (Å²) in [6.45, 7) is 1.69. The van der Waals surface area contributed by atoms with Crippen molar-refractivity contribution in [2.24, 2.45) is 0 Å². The first-order valence-electron chi connectivity index (χ1n) is 6.11. The lowest BCUT2D eigenvalue weighted by Gasteiger charge is -2.03. The normalized spacial score (nSPS) is 10.2. The van der Waals surface area contributed by atoms with Crippen LogP contribution in [-0.2, 0) is 0 Å². The largest absolute Gasteiger partial charge is 0.422 e. The standard InChI is InChI=1S/C13H8N6O2S/c1-7-12(22-19-15-7)13(20)21-9-4-2-8(3-5-9)11-10(6-14)16-18-17-11/h2-5H,1H3,(H,16,17,18). The number of nitrogens with zero attached hydrogens (tertiary/aromatic N) is 5. The van der Waals surface area contributed by atoms with Crippen LogP contribution in [0.2, 0.25) is 0 Å². The summed E-state index contributed by atoms with van der Waals surface area (Å²) in [5.74, 6) is -0.122. The lowest BCUT2D eigenvalue weighted by molar-refractivity contribution is 0.0739. The molecule has 1 N–H and O–H groups in total. The minimum atomic E-state index is -0.501. The fourth-order valence-electron chi connectivity index (χ4n) is 1.76. The van der Waals surface area contributed by atoms with Crippen molar-refractivity contribution in [1.29, 1.82) is 5.26 Å². The molecule has 0 aliphatic carbocycles. The number of esters is 1. The highest BCUT2D eigenvalue weighted by atomic mass is 32.1. The fraction of sp³-hybridized carbons (Fsp3) is 0.0769. The Morgan fingerprint density at radius 3 is 2.73 bits per heavy atom. The van der Waals surface area contributed by atoms with Crippen LogP contribution in [0.15, 0.2) is 24.3 Å². The molecule has 0 spiro atoms. The van der Waals surface area contributed by atoms with E-state index < -0.39 is 5.97 Å². The van der Waals surface area contributed by atoms with Crippen LogP contribution in [0.3, 0.4) is 0 Å². The van der Waals surface area contributed by atoms with Gasteiger partial charge in [0.1, 0.15) is 17.5 Å². The Morgan fingerprint density at radius 2 is 2.09 bits per heavy atom. The molecule has 0 bridgehead atoms. The minimum absolute atomic E-state index is 0.205. The highest BCUT2D eigenvalue weighted by Crippen LogP contribution is 2.23. The average molecular weight is 312 g/mol. The van der Waals surface area contributed by atoms with E-state index in [0.29, 0.717) is 27.6 Å². The minimum Gasteiger partial charge on any atom is -0.422 e. The lowest BCUT2D eigenvalue weighted by atomic mass is 10.1. The number of hydrogen-bond donors (Lipinski definition) is 1. The molecule has 0 unspecified atom stereocenters. The molecule has 0 saturated carbocycles. The second kappa shape index (κ2) is 5.71. The highest BCUT2D eigenvalue weighted by Gasteiger charge is 2.16. The molecule has 0 radical (unpaired) electrons. The second-order valence-corrected chi connectivity index (χ2v) is 4.99. The molecular formula is C13H8N6O2S. The predicted octanol–water partition coefficient (Wildman–Crippen LogP) is 1.72. The summed E-state index contributed by atoms with van der Waals surface area (Å²) < 4.78 is 8.94. The molecule has 3 aromatic rings. The third-order valence-corrected chi connectivity index (χ3v) is 3.64. The Morgan fingerprint density at radius 1 is 1.32 bits per heavy atom. The van der Waals surface area contributed by atoms with Gasteiger partial charge in [0.05, 0.1) is 5.69 Å². The third kappa shape index (κ3) is 2.55. The van der Waals surface area contributed by atoms with Gasteiger partial charge >= 0.3 is 5.97 Å². The average Bonchev–Trinajstić information content (AvgIpc) is 3.16. The molecule has 0 aliphatic heterocycles. The Labute approximate surface area is 128 Å². The van der Waals surface area contributed by atoms with Crippen molar-refractivity contribution in [3.05, 3.63) is 40.5 Å². The highest BCUT2D eigenvalue weighted by molar-refractivity contribution is 7.07. The van der Waals surface area contributed by atoms with Crippen LogP contribution >= 0.6 is 11.5 Å². The van der Waals surface area contributed by atoms with Crippen molar-refractivity contribution in [3.63, 3.8) is 0 Å². The number of nitrogens with one attached hydrogen (secondary N) is 1. The summed E-state index contributed by atoms with van der Waals surface area (Å²) in [6.07, 6.45) is 0. The SMILES string of the molecule is Cc1nnsc1C(=O)Oc1ccc(-c2n[nH]nc2C#N)cc1. The Kier molecular flexibility index (Phi) is 3.59. The van der Waals surface area contributed by atoms with Gasteiger partial charge in [-0.2, -0.15) is 15.6 Å². The van der Waals surface area contributed by atoms with Crippen LogP contribution in [0.1, 0.15) is 21.1 Å². The zero-order valence-electron chi connectivity index (χ0n) is 11.3. The monoisotopic (exact) mass is 312 g/mol. The van der Waals surface area contributed by atoms with Crippen LogP contribution < -0.4 is 4.74 Å². The van der Waals surface area contributed by atoms with Gasteiger partial charge in [-0.05, 0) is 42.7 Å². The first kappa shape index (κ1) is 13.8. The molecule has 22 heavy (non-hydrogen) atoms. The number of aromatic amines is 1. The smallest absolute Gasteiger partial charge is 0.357 e. The van der Waals surface area contributed by atoms with Crippen LogP contribution in [-0.4, -0.2) is 31.0 Å². The molecule has 108 valence electrons. The Bertz CT molecular complexity index is 861. The summed E-state index contributed by atoms with van der Waals surface area (Å²) in [5, 5.41) is 22.7. The number of benzene rings is 1. The number of ether oxygens (including phenoxy) is 1. The van der Waals surface area contributed by atoms with Crippen molar-refractivity contribution >= 4 is 17.5 Å². The van der Waals surface area contributed by atoms with Gasteiger partial charge in [0.15, 0.2) is 10.6 Å². The van der Waals surface area contributed by atoms with E-state index in [9.17, 15) is 4.79 Å². The van der Waals surface area contributed by atoms with Gasteiger partial charge in [-0.1, -0.05) is 4.49 Å². The number of hydrogen-bond acceptors (Lipinski definition) is 8. The molecule has 0 fully saturated rings. The maximum absolute atomic E-state index is 11.9. The summed E-state index contributed by atoms with van der Waals surface area (Å²) >= 11 is 0.989. The quantitative estimate of drug-likeness (QED) is 0.578. The van der Waals surface area contributed by atoms with E-state index in [1.165, 1.54) is 0 Å². The molecule has 2 heterocycles. The molecule has 8 nitrogen and oxygen atoms in total. The molecule has 9 heteroatoms. The van der Waals surface area contributed by atoms with Crippen molar-refractivity contribution in [2.45, 2.75) is 6.92 Å². The van der Waals surface area contributed by atoms with Crippen LogP contribution in [0, 0.1) is 18.3 Å². The summed E-state index contributed by atoms with van der Waals surface area (Å²) in [5.41, 5.74) is 1.88. The van der Waals surface area contributed by atoms with E-state index in [1.54, 1.807) is 31.2 Å². The zero-order valence-corrected chi connectivity index (χ0v) is 12.1. The van der Waals surface area contributed by atoms with Crippen LogP contribution in [0.5, 0.6) is 5.75 Å². The van der Waals surface area contributed by atoms with Gasteiger partial charge in [0.25, 0.3) is 0 Å². The van der Waals surface area contributed by atoms with Crippen molar-refractivity contribution in [3.8, 4) is 23.1 Å². The Balaban J connectivity index is 1.79. The van der Waals surface area contributed by atoms with E-state index in [4.69, 9.17) is 10.00 Å². The van der Waals surface area contributed by atoms with E-state index in [0.717, 1.165) is 11.5 Å². The molecule has 0 saturated heterocycles. The maximum Gasteiger partial charge on any atom is 0.357 e. The Hall–Kier alpha value is -3.12. The van der Waals surface area contributed by atoms with Gasteiger partial charge in [-0.15, -0.1) is 10.2 Å². The van der Waals surface area contributed by atoms with Gasteiger partial charge in [-0.3, -0.25) is 0 Å². The molecule has 2 aromatic heterocycles. The van der Waals surface area contributed by atoms with Gasteiger partial charge in [-0.25, -0.2) is 4.79 Å². The van der Waals surface area contributed by atoms with Gasteiger partial charge in [0.2, 0.25) is 0 Å². The van der Waals surface area contributed by atoms with Gasteiger partial charge < -0.3 is 4.74 Å². The van der Waals surface area contributed by atoms with E-state index in [1.807, 2.05) is 6.07 Å². The van der Waals surface area contributed by atoms with E-state index >= 15 is 0 Å². The first-order chi connectivity index (χ1) is 10.7. The van der Waals surface area contributed by atoms with Crippen molar-refractivity contribution in [2.75, 3.05) is 0 Å². The molecular weight excluding hydrogens is 304 g/mol. The van der Waals surface area contributed by atoms with Crippen LogP contribution in [0.4, 0.5) is 0 Å². The number of carbonyl (C=O) groups excluding carboxylic acids is 1. The lowest BCUT2D eigenvalue weighted by Crippen LogP contribution is -2.07. The molecule has 3 rings (SSSR count). The number of H-pyrrole nitrogens is 1. The summed E-state index contributed by atoms with van der Waals surface area (Å²) in [6, 6.07) is 8.57.